The lowest BCUT2D eigenvalue weighted by molar-refractivity contribution is -0.111. The SMILES string of the molecule is CCNC1=CCC(C)=CC1=O. The molecule has 0 fully saturated rings. The number of hydrogen-bond acceptors (Lipinski definition) is 2. The van der Waals surface area contributed by atoms with E-state index in [4.69, 9.17) is 0 Å². The summed E-state index contributed by atoms with van der Waals surface area (Å²) in [5.41, 5.74) is 1.88. The van der Waals surface area contributed by atoms with E-state index >= 15 is 0 Å². The van der Waals surface area contributed by atoms with Crippen LogP contribution in [0.4, 0.5) is 0 Å². The first kappa shape index (κ1) is 8.05. The molecule has 1 N–H and O–H groups in total. The van der Waals surface area contributed by atoms with E-state index in [0.717, 1.165) is 24.2 Å². The average Bonchev–Trinajstić information content (AvgIpc) is 1.95. The summed E-state index contributed by atoms with van der Waals surface area (Å²) in [7, 11) is 0. The van der Waals surface area contributed by atoms with Crippen molar-refractivity contribution in [1.82, 2.24) is 5.32 Å². The summed E-state index contributed by atoms with van der Waals surface area (Å²) >= 11 is 0. The molecule has 0 heterocycles. The maximum Gasteiger partial charge on any atom is 0.201 e. The predicted octanol–water partition coefficient (Wildman–Crippen LogP) is 1.40. The van der Waals surface area contributed by atoms with Crippen molar-refractivity contribution in [2.75, 3.05) is 6.54 Å². The number of rotatable bonds is 2. The van der Waals surface area contributed by atoms with Crippen LogP contribution in [0.3, 0.4) is 0 Å². The van der Waals surface area contributed by atoms with E-state index in [9.17, 15) is 4.79 Å². The highest BCUT2D eigenvalue weighted by atomic mass is 16.1. The van der Waals surface area contributed by atoms with Gasteiger partial charge in [-0.05, 0) is 26.3 Å². The number of hydrogen-bond donors (Lipinski definition) is 1. The summed E-state index contributed by atoms with van der Waals surface area (Å²) in [5.74, 6) is 0.107. The molecule has 0 aromatic carbocycles. The molecule has 11 heavy (non-hydrogen) atoms. The second-order valence-electron chi connectivity index (χ2n) is 2.71. The van der Waals surface area contributed by atoms with Crippen LogP contribution in [-0.4, -0.2) is 12.3 Å². The van der Waals surface area contributed by atoms with Crippen LogP contribution in [0.25, 0.3) is 0 Å². The topological polar surface area (TPSA) is 29.1 Å². The maximum atomic E-state index is 11.2. The van der Waals surface area contributed by atoms with Gasteiger partial charge in [0, 0.05) is 6.54 Å². The molecule has 0 radical (unpaired) electrons. The van der Waals surface area contributed by atoms with Gasteiger partial charge in [-0.2, -0.15) is 0 Å². The highest BCUT2D eigenvalue weighted by Crippen LogP contribution is 2.11. The van der Waals surface area contributed by atoms with Gasteiger partial charge in [-0.25, -0.2) is 0 Å². The van der Waals surface area contributed by atoms with Crippen molar-refractivity contribution in [3.63, 3.8) is 0 Å². The molecule has 0 atom stereocenters. The summed E-state index contributed by atoms with van der Waals surface area (Å²) in [6, 6.07) is 0. The molecular formula is C9H13NO. The molecule has 0 saturated carbocycles. The van der Waals surface area contributed by atoms with Crippen molar-refractivity contribution in [2.24, 2.45) is 0 Å². The van der Waals surface area contributed by atoms with Crippen LogP contribution >= 0.6 is 0 Å². The quantitative estimate of drug-likeness (QED) is 0.646. The summed E-state index contributed by atoms with van der Waals surface area (Å²) in [5, 5.41) is 3.02. The van der Waals surface area contributed by atoms with Crippen LogP contribution in [-0.2, 0) is 4.79 Å². The summed E-state index contributed by atoms with van der Waals surface area (Å²) in [6.45, 7) is 4.76. The Hall–Kier alpha value is -1.05. The third-order valence-electron chi connectivity index (χ3n) is 1.64. The minimum Gasteiger partial charge on any atom is -0.382 e. The molecule has 2 heteroatoms. The van der Waals surface area contributed by atoms with Crippen LogP contribution in [0.2, 0.25) is 0 Å². The van der Waals surface area contributed by atoms with Crippen LogP contribution < -0.4 is 5.32 Å². The van der Waals surface area contributed by atoms with Gasteiger partial charge < -0.3 is 5.32 Å². The Morgan fingerprint density at radius 1 is 1.64 bits per heavy atom. The van der Waals surface area contributed by atoms with Crippen molar-refractivity contribution in [3.05, 3.63) is 23.4 Å². The number of carbonyl (C=O) groups excluding carboxylic acids is 1. The summed E-state index contributed by atoms with van der Waals surface area (Å²) in [4.78, 5) is 11.2. The first-order chi connectivity index (χ1) is 5.24. The molecule has 1 aliphatic rings. The van der Waals surface area contributed by atoms with E-state index < -0.39 is 0 Å². The zero-order valence-corrected chi connectivity index (χ0v) is 6.98. The van der Waals surface area contributed by atoms with Gasteiger partial charge in [0.05, 0.1) is 5.70 Å². The third-order valence-corrected chi connectivity index (χ3v) is 1.64. The second-order valence-corrected chi connectivity index (χ2v) is 2.71. The Morgan fingerprint density at radius 2 is 2.36 bits per heavy atom. The monoisotopic (exact) mass is 151 g/mol. The van der Waals surface area contributed by atoms with Crippen LogP contribution in [0.1, 0.15) is 20.3 Å². The average molecular weight is 151 g/mol. The Bertz CT molecular complexity index is 226. The van der Waals surface area contributed by atoms with Gasteiger partial charge in [-0.15, -0.1) is 0 Å². The molecule has 1 rings (SSSR count). The number of nitrogens with one attached hydrogen (secondary N) is 1. The van der Waals surface area contributed by atoms with E-state index in [0.29, 0.717) is 0 Å². The molecule has 0 aromatic heterocycles. The first-order valence-corrected chi connectivity index (χ1v) is 3.89. The van der Waals surface area contributed by atoms with E-state index in [1.54, 1.807) is 6.08 Å². The molecular weight excluding hydrogens is 138 g/mol. The predicted molar refractivity (Wildman–Crippen MR) is 45.1 cm³/mol. The fraction of sp³-hybridized carbons (Fsp3) is 0.444. The number of likely N-dealkylation sites (N-methyl/N-ethyl adjacent to an activating group) is 1. The van der Waals surface area contributed by atoms with Crippen molar-refractivity contribution in [2.45, 2.75) is 20.3 Å². The Kier molecular flexibility index (Phi) is 2.47. The highest BCUT2D eigenvalue weighted by molar-refractivity contribution is 6.04. The lowest BCUT2D eigenvalue weighted by Crippen LogP contribution is -2.20. The van der Waals surface area contributed by atoms with Gasteiger partial charge >= 0.3 is 0 Å². The third kappa shape index (κ3) is 1.93. The van der Waals surface area contributed by atoms with Crippen molar-refractivity contribution in [1.29, 1.82) is 0 Å². The minimum atomic E-state index is 0.107. The molecule has 0 aliphatic heterocycles. The van der Waals surface area contributed by atoms with Gasteiger partial charge in [-0.3, -0.25) is 4.79 Å². The van der Waals surface area contributed by atoms with E-state index in [-0.39, 0.29) is 5.78 Å². The molecule has 0 aromatic rings. The molecule has 0 amide bonds. The smallest absolute Gasteiger partial charge is 0.201 e. The van der Waals surface area contributed by atoms with Crippen LogP contribution in [0.5, 0.6) is 0 Å². The Morgan fingerprint density at radius 3 is 2.91 bits per heavy atom. The van der Waals surface area contributed by atoms with Crippen LogP contribution in [0.15, 0.2) is 23.4 Å². The van der Waals surface area contributed by atoms with Gasteiger partial charge in [0.15, 0.2) is 0 Å². The first-order valence-electron chi connectivity index (χ1n) is 3.89. The van der Waals surface area contributed by atoms with Gasteiger partial charge in [-0.1, -0.05) is 11.6 Å². The fourth-order valence-electron chi connectivity index (χ4n) is 1.07. The molecule has 2 nitrogen and oxygen atoms in total. The van der Waals surface area contributed by atoms with Crippen molar-refractivity contribution >= 4 is 5.78 Å². The molecule has 0 saturated heterocycles. The number of carbonyl (C=O) groups is 1. The standard InChI is InChI=1S/C9H13NO/c1-3-10-8-5-4-7(2)6-9(8)11/h5-6,10H,3-4H2,1-2H3. The minimum absolute atomic E-state index is 0.107. The normalized spacial score (nSPS) is 17.5. The van der Waals surface area contributed by atoms with E-state index in [2.05, 4.69) is 5.32 Å². The largest absolute Gasteiger partial charge is 0.382 e. The molecule has 0 unspecified atom stereocenters. The molecule has 0 bridgehead atoms. The van der Waals surface area contributed by atoms with Gasteiger partial charge in [0.1, 0.15) is 0 Å². The maximum absolute atomic E-state index is 11.2. The molecule has 1 aliphatic carbocycles. The lowest BCUT2D eigenvalue weighted by Gasteiger charge is -2.10. The van der Waals surface area contributed by atoms with E-state index in [1.165, 1.54) is 0 Å². The summed E-state index contributed by atoms with van der Waals surface area (Å²) < 4.78 is 0. The number of ketones is 1. The fourth-order valence-corrected chi connectivity index (χ4v) is 1.07. The zero-order chi connectivity index (χ0) is 8.27. The van der Waals surface area contributed by atoms with Crippen LogP contribution in [0, 0.1) is 0 Å². The van der Waals surface area contributed by atoms with Gasteiger partial charge in [0.2, 0.25) is 5.78 Å². The lowest BCUT2D eigenvalue weighted by atomic mass is 10.0. The number of allylic oxidation sites excluding steroid dienone is 3. The molecule has 0 spiro atoms. The molecule has 60 valence electrons. The van der Waals surface area contributed by atoms with Crippen molar-refractivity contribution in [3.8, 4) is 0 Å². The second kappa shape index (κ2) is 3.37. The van der Waals surface area contributed by atoms with Gasteiger partial charge in [0.25, 0.3) is 0 Å². The van der Waals surface area contributed by atoms with Crippen molar-refractivity contribution < 1.29 is 4.79 Å². The highest BCUT2D eigenvalue weighted by Gasteiger charge is 2.09. The Labute approximate surface area is 67.0 Å². The van der Waals surface area contributed by atoms with E-state index in [1.807, 2.05) is 19.9 Å². The summed E-state index contributed by atoms with van der Waals surface area (Å²) in [6.07, 6.45) is 4.53. The zero-order valence-electron chi connectivity index (χ0n) is 6.98. The Balaban J connectivity index is 2.64.